The minimum Gasteiger partial charge on any atom is -0.478 e. The van der Waals surface area contributed by atoms with Crippen molar-refractivity contribution in [3.05, 3.63) is 34.9 Å². The average Bonchev–Trinajstić information content (AvgIpc) is 2.17. The summed E-state index contributed by atoms with van der Waals surface area (Å²) in [6.07, 6.45) is 1.12. The van der Waals surface area contributed by atoms with Crippen LogP contribution in [0.3, 0.4) is 0 Å². The minimum absolute atomic E-state index is 0.0157. The Kier molecular flexibility index (Phi) is 3.10. The second kappa shape index (κ2) is 4.30. The van der Waals surface area contributed by atoms with Crippen LogP contribution >= 0.6 is 0 Å². The highest BCUT2D eigenvalue weighted by atomic mass is 16.4. The maximum absolute atomic E-state index is 11.2. The molecule has 5 heteroatoms. The molecule has 0 fully saturated rings. The third-order valence-electron chi connectivity index (χ3n) is 1.94. The van der Waals surface area contributed by atoms with Gasteiger partial charge in [0.1, 0.15) is 0 Å². The standard InChI is InChI=1S/C10H7NO4/c1-6-7(9(13)11-5-12)3-2-4-8(6)10(14)15/h2-4H,1H3,(H,14,15). The number of carboxylic acid groups (broad SMARTS) is 1. The van der Waals surface area contributed by atoms with Crippen LogP contribution in [0.5, 0.6) is 0 Å². The van der Waals surface area contributed by atoms with Crippen LogP contribution in [0.1, 0.15) is 26.3 Å². The topological polar surface area (TPSA) is 83.8 Å². The Bertz CT molecular complexity index is 472. The fourth-order valence-electron chi connectivity index (χ4n) is 1.20. The van der Waals surface area contributed by atoms with E-state index in [9.17, 15) is 14.4 Å². The van der Waals surface area contributed by atoms with Crippen molar-refractivity contribution in [2.24, 2.45) is 4.99 Å². The Morgan fingerprint density at radius 1 is 1.33 bits per heavy atom. The highest BCUT2D eigenvalue weighted by Gasteiger charge is 2.14. The lowest BCUT2D eigenvalue weighted by atomic mass is 10.0. The third-order valence-corrected chi connectivity index (χ3v) is 1.94. The SMILES string of the molecule is Cc1c(C(=O)O)cccc1C(=O)N=C=O. The van der Waals surface area contributed by atoms with Crippen molar-refractivity contribution in [3.8, 4) is 0 Å². The zero-order chi connectivity index (χ0) is 11.4. The fraction of sp³-hybridized carbons (Fsp3) is 0.100. The van der Waals surface area contributed by atoms with Gasteiger partial charge in [-0.2, -0.15) is 0 Å². The van der Waals surface area contributed by atoms with Crippen LogP contribution in [0, 0.1) is 6.92 Å². The smallest absolute Gasteiger partial charge is 0.335 e. The molecule has 0 heterocycles. The summed E-state index contributed by atoms with van der Waals surface area (Å²) in [4.78, 5) is 34.8. The van der Waals surface area contributed by atoms with Crippen molar-refractivity contribution >= 4 is 18.0 Å². The van der Waals surface area contributed by atoms with Crippen molar-refractivity contribution in [1.82, 2.24) is 0 Å². The molecule has 0 bridgehead atoms. The molecule has 5 nitrogen and oxygen atoms in total. The van der Waals surface area contributed by atoms with E-state index in [2.05, 4.69) is 4.99 Å². The van der Waals surface area contributed by atoms with Gasteiger partial charge in [-0.3, -0.25) is 4.79 Å². The van der Waals surface area contributed by atoms with Crippen molar-refractivity contribution < 1.29 is 19.5 Å². The third kappa shape index (κ3) is 2.15. The summed E-state index contributed by atoms with van der Waals surface area (Å²) in [5.41, 5.74) is 0.397. The summed E-state index contributed by atoms with van der Waals surface area (Å²) in [7, 11) is 0. The molecule has 0 radical (unpaired) electrons. The number of carbonyl (C=O) groups excluding carboxylic acids is 2. The molecule has 0 atom stereocenters. The first-order chi connectivity index (χ1) is 7.07. The second-order valence-electron chi connectivity index (χ2n) is 2.79. The number of aliphatic imine (C=N–C) groups is 1. The summed E-state index contributed by atoms with van der Waals surface area (Å²) in [6, 6.07) is 4.20. The molecule has 1 rings (SSSR count). The van der Waals surface area contributed by atoms with Gasteiger partial charge in [0.15, 0.2) is 0 Å². The first kappa shape index (κ1) is 10.8. The van der Waals surface area contributed by atoms with Crippen molar-refractivity contribution in [2.45, 2.75) is 6.92 Å². The quantitative estimate of drug-likeness (QED) is 0.580. The first-order valence-electron chi connectivity index (χ1n) is 4.03. The van der Waals surface area contributed by atoms with Gasteiger partial charge in [-0.15, -0.1) is 4.99 Å². The summed E-state index contributed by atoms with van der Waals surface area (Å²) < 4.78 is 0. The normalized spacial score (nSPS) is 9.13. The van der Waals surface area contributed by atoms with Crippen LogP contribution in [0.2, 0.25) is 0 Å². The van der Waals surface area contributed by atoms with E-state index in [4.69, 9.17) is 5.11 Å². The van der Waals surface area contributed by atoms with Gasteiger partial charge in [-0.1, -0.05) is 6.07 Å². The molecular weight excluding hydrogens is 198 g/mol. The molecule has 0 saturated heterocycles. The molecule has 0 unspecified atom stereocenters. The number of benzene rings is 1. The van der Waals surface area contributed by atoms with Crippen LogP contribution in [0.15, 0.2) is 23.2 Å². The van der Waals surface area contributed by atoms with Crippen molar-refractivity contribution in [3.63, 3.8) is 0 Å². The molecule has 0 aliphatic rings. The number of isocyanates is 1. The number of rotatable bonds is 2. The lowest BCUT2D eigenvalue weighted by Gasteiger charge is -2.03. The number of hydrogen-bond donors (Lipinski definition) is 1. The second-order valence-corrected chi connectivity index (χ2v) is 2.79. The molecule has 76 valence electrons. The Balaban J connectivity index is 3.32. The van der Waals surface area contributed by atoms with Gasteiger partial charge >= 0.3 is 5.97 Å². The Morgan fingerprint density at radius 3 is 2.47 bits per heavy atom. The molecule has 0 spiro atoms. The Hall–Kier alpha value is -2.26. The number of amides is 1. The maximum Gasteiger partial charge on any atom is 0.335 e. The molecule has 1 aromatic rings. The number of aromatic carboxylic acids is 1. The van der Waals surface area contributed by atoms with E-state index in [0.717, 1.165) is 6.08 Å². The highest BCUT2D eigenvalue weighted by Crippen LogP contribution is 2.14. The highest BCUT2D eigenvalue weighted by molar-refractivity contribution is 6.01. The number of carboxylic acids is 1. The van der Waals surface area contributed by atoms with Crippen molar-refractivity contribution in [2.75, 3.05) is 0 Å². The summed E-state index contributed by atoms with van der Waals surface area (Å²) in [6.45, 7) is 1.48. The molecule has 0 saturated carbocycles. The summed E-state index contributed by atoms with van der Waals surface area (Å²) >= 11 is 0. The number of nitrogens with zero attached hydrogens (tertiary/aromatic N) is 1. The summed E-state index contributed by atoms with van der Waals surface area (Å²) in [5, 5.41) is 8.78. The Labute approximate surface area is 85.1 Å². The van der Waals surface area contributed by atoms with Crippen LogP contribution in [0.4, 0.5) is 0 Å². The van der Waals surface area contributed by atoms with Crippen LogP contribution < -0.4 is 0 Å². The fourth-order valence-corrected chi connectivity index (χ4v) is 1.20. The molecule has 0 aliphatic heterocycles. The first-order valence-corrected chi connectivity index (χ1v) is 4.03. The molecule has 1 N–H and O–H groups in total. The van der Waals surface area contributed by atoms with Crippen molar-refractivity contribution in [1.29, 1.82) is 0 Å². The van der Waals surface area contributed by atoms with Crippen LogP contribution in [0.25, 0.3) is 0 Å². The maximum atomic E-state index is 11.2. The largest absolute Gasteiger partial charge is 0.478 e. The van der Waals surface area contributed by atoms with E-state index in [1.807, 2.05) is 0 Å². The molecule has 0 aromatic heterocycles. The van der Waals surface area contributed by atoms with Gasteiger partial charge in [0.2, 0.25) is 6.08 Å². The van der Waals surface area contributed by atoms with E-state index < -0.39 is 11.9 Å². The Morgan fingerprint density at radius 2 is 1.93 bits per heavy atom. The lowest BCUT2D eigenvalue weighted by molar-refractivity contribution is 0.0696. The predicted octanol–water partition coefficient (Wildman–Crippen LogP) is 1.17. The van der Waals surface area contributed by atoms with Gasteiger partial charge in [-0.25, -0.2) is 9.59 Å². The van der Waals surface area contributed by atoms with E-state index >= 15 is 0 Å². The monoisotopic (exact) mass is 205 g/mol. The number of carbonyl (C=O) groups is 2. The van der Waals surface area contributed by atoms with Gasteiger partial charge in [0, 0.05) is 5.56 Å². The predicted molar refractivity (Wildman–Crippen MR) is 50.6 cm³/mol. The minimum atomic E-state index is -1.13. The van der Waals surface area contributed by atoms with Gasteiger partial charge in [-0.05, 0) is 24.6 Å². The van der Waals surface area contributed by atoms with Gasteiger partial charge in [0.05, 0.1) is 5.56 Å². The molecule has 15 heavy (non-hydrogen) atoms. The molecule has 1 amide bonds. The molecule has 1 aromatic carbocycles. The van der Waals surface area contributed by atoms with Gasteiger partial charge in [0.25, 0.3) is 5.91 Å². The van der Waals surface area contributed by atoms with Crippen LogP contribution in [-0.2, 0) is 4.79 Å². The lowest BCUT2D eigenvalue weighted by Crippen LogP contribution is -2.05. The average molecular weight is 205 g/mol. The van der Waals surface area contributed by atoms with E-state index in [1.54, 1.807) is 0 Å². The van der Waals surface area contributed by atoms with E-state index in [1.165, 1.54) is 25.1 Å². The van der Waals surface area contributed by atoms with Crippen LogP contribution in [-0.4, -0.2) is 23.1 Å². The zero-order valence-corrected chi connectivity index (χ0v) is 7.85. The summed E-state index contributed by atoms with van der Waals surface area (Å²) in [5.74, 6) is -1.91. The van der Waals surface area contributed by atoms with E-state index in [0.29, 0.717) is 0 Å². The molecular formula is C10H7NO4. The zero-order valence-electron chi connectivity index (χ0n) is 7.85. The molecule has 0 aliphatic carbocycles. The van der Waals surface area contributed by atoms with E-state index in [-0.39, 0.29) is 16.7 Å². The number of hydrogen-bond acceptors (Lipinski definition) is 3. The van der Waals surface area contributed by atoms with Gasteiger partial charge < -0.3 is 5.11 Å².